The Balaban J connectivity index is 2.48. The van der Waals surface area contributed by atoms with Crippen molar-refractivity contribution >= 4 is 11.6 Å². The van der Waals surface area contributed by atoms with E-state index in [9.17, 15) is 4.79 Å². The zero-order valence-electron chi connectivity index (χ0n) is 7.92. The number of carbonyl (C=O) groups excluding carboxylic acids is 1. The van der Waals surface area contributed by atoms with Crippen LogP contribution in [-0.4, -0.2) is 5.91 Å². The van der Waals surface area contributed by atoms with Crippen molar-refractivity contribution in [3.8, 4) is 0 Å². The molecule has 1 N–H and O–H groups in total. The average molecular weight is 175 g/mol. The molecular weight excluding hydrogens is 162 g/mol. The molecule has 0 spiro atoms. The third-order valence-corrected chi connectivity index (χ3v) is 2.57. The summed E-state index contributed by atoms with van der Waals surface area (Å²) in [6.07, 6.45) is 0.877. The standard InChI is InChI=1S/C11H13NO/c1-3-8-9-5-4-7(2)6-10(9)12-11(8)13/h4-6,8H,3H2,1-2H3,(H,12,13). The summed E-state index contributed by atoms with van der Waals surface area (Å²) in [6, 6.07) is 6.14. The van der Waals surface area contributed by atoms with Crippen molar-refractivity contribution in [2.75, 3.05) is 5.32 Å². The van der Waals surface area contributed by atoms with Gasteiger partial charge in [0.2, 0.25) is 5.91 Å². The molecule has 1 atom stereocenters. The Morgan fingerprint density at radius 3 is 2.92 bits per heavy atom. The van der Waals surface area contributed by atoms with Gasteiger partial charge in [0.25, 0.3) is 0 Å². The number of fused-ring (bicyclic) bond motifs is 1. The van der Waals surface area contributed by atoms with E-state index >= 15 is 0 Å². The van der Waals surface area contributed by atoms with Gasteiger partial charge in [-0.3, -0.25) is 4.79 Å². The van der Waals surface area contributed by atoms with E-state index in [0.717, 1.165) is 17.7 Å². The minimum atomic E-state index is 0.0654. The average Bonchev–Trinajstić information content (AvgIpc) is 2.39. The molecule has 0 fully saturated rings. The van der Waals surface area contributed by atoms with Crippen LogP contribution in [0, 0.1) is 6.92 Å². The molecule has 1 amide bonds. The number of benzene rings is 1. The van der Waals surface area contributed by atoms with Crippen LogP contribution in [0.15, 0.2) is 18.2 Å². The fourth-order valence-corrected chi connectivity index (χ4v) is 1.85. The van der Waals surface area contributed by atoms with E-state index in [4.69, 9.17) is 0 Å². The number of nitrogens with one attached hydrogen (secondary N) is 1. The van der Waals surface area contributed by atoms with Crippen LogP contribution in [0.3, 0.4) is 0 Å². The van der Waals surface area contributed by atoms with Crippen LogP contribution in [0.1, 0.15) is 30.4 Å². The number of aryl methyl sites for hydroxylation is 1. The zero-order valence-corrected chi connectivity index (χ0v) is 7.92. The number of anilines is 1. The third-order valence-electron chi connectivity index (χ3n) is 2.57. The largest absolute Gasteiger partial charge is 0.325 e. The summed E-state index contributed by atoms with van der Waals surface area (Å²) in [5.74, 6) is 0.207. The number of hydrogen-bond donors (Lipinski definition) is 1. The first-order valence-corrected chi connectivity index (χ1v) is 4.63. The highest BCUT2D eigenvalue weighted by Crippen LogP contribution is 2.34. The molecule has 13 heavy (non-hydrogen) atoms. The van der Waals surface area contributed by atoms with Crippen molar-refractivity contribution < 1.29 is 4.79 Å². The minimum absolute atomic E-state index is 0.0654. The normalized spacial score (nSPS) is 19.8. The van der Waals surface area contributed by atoms with E-state index < -0.39 is 0 Å². The van der Waals surface area contributed by atoms with E-state index in [1.165, 1.54) is 5.56 Å². The van der Waals surface area contributed by atoms with Crippen molar-refractivity contribution in [1.82, 2.24) is 0 Å². The Morgan fingerprint density at radius 2 is 2.23 bits per heavy atom. The first-order chi connectivity index (χ1) is 6.22. The molecule has 0 saturated carbocycles. The topological polar surface area (TPSA) is 29.1 Å². The summed E-state index contributed by atoms with van der Waals surface area (Å²) in [6.45, 7) is 4.07. The van der Waals surface area contributed by atoms with E-state index in [1.807, 2.05) is 19.9 Å². The highest BCUT2D eigenvalue weighted by molar-refractivity contribution is 6.02. The first-order valence-electron chi connectivity index (χ1n) is 4.63. The van der Waals surface area contributed by atoms with Crippen molar-refractivity contribution in [2.24, 2.45) is 0 Å². The van der Waals surface area contributed by atoms with Gasteiger partial charge in [-0.05, 0) is 30.5 Å². The van der Waals surface area contributed by atoms with Crippen molar-refractivity contribution in [3.63, 3.8) is 0 Å². The van der Waals surface area contributed by atoms with Crippen molar-refractivity contribution in [2.45, 2.75) is 26.2 Å². The molecule has 0 radical (unpaired) electrons. The Hall–Kier alpha value is -1.31. The lowest BCUT2D eigenvalue weighted by atomic mass is 9.97. The van der Waals surface area contributed by atoms with E-state index in [0.29, 0.717) is 0 Å². The molecule has 1 aliphatic heterocycles. The third kappa shape index (κ3) is 1.22. The Bertz CT molecular complexity index is 357. The van der Waals surface area contributed by atoms with E-state index in [2.05, 4.69) is 17.4 Å². The summed E-state index contributed by atoms with van der Waals surface area (Å²) in [5, 5.41) is 2.90. The lowest BCUT2D eigenvalue weighted by Crippen LogP contribution is -2.10. The quantitative estimate of drug-likeness (QED) is 0.697. The van der Waals surface area contributed by atoms with Crippen LogP contribution >= 0.6 is 0 Å². The maximum absolute atomic E-state index is 11.5. The second-order valence-corrected chi connectivity index (χ2v) is 3.54. The molecule has 1 aromatic rings. The first kappa shape index (κ1) is 8.30. The maximum Gasteiger partial charge on any atom is 0.231 e. The van der Waals surface area contributed by atoms with Gasteiger partial charge in [0.1, 0.15) is 0 Å². The molecule has 0 aromatic heterocycles. The number of carbonyl (C=O) groups is 1. The second-order valence-electron chi connectivity index (χ2n) is 3.54. The van der Waals surface area contributed by atoms with Gasteiger partial charge in [0.15, 0.2) is 0 Å². The SMILES string of the molecule is CCC1C(=O)Nc2cc(C)ccc21. The van der Waals surface area contributed by atoms with Gasteiger partial charge in [0, 0.05) is 5.69 Å². The molecular formula is C11H13NO. The highest BCUT2D eigenvalue weighted by Gasteiger charge is 2.28. The Kier molecular flexibility index (Phi) is 1.83. The van der Waals surface area contributed by atoms with Crippen LogP contribution in [0.25, 0.3) is 0 Å². The number of rotatable bonds is 1. The molecule has 0 saturated heterocycles. The van der Waals surface area contributed by atoms with Crippen LogP contribution in [-0.2, 0) is 4.79 Å². The highest BCUT2D eigenvalue weighted by atomic mass is 16.2. The van der Waals surface area contributed by atoms with Crippen molar-refractivity contribution in [1.29, 1.82) is 0 Å². The molecule has 2 heteroatoms. The maximum atomic E-state index is 11.5. The fourth-order valence-electron chi connectivity index (χ4n) is 1.85. The molecule has 68 valence electrons. The van der Waals surface area contributed by atoms with Gasteiger partial charge in [-0.15, -0.1) is 0 Å². The molecule has 2 nitrogen and oxygen atoms in total. The fraction of sp³-hybridized carbons (Fsp3) is 0.364. The Labute approximate surface area is 78.0 Å². The van der Waals surface area contributed by atoms with Gasteiger partial charge in [0.05, 0.1) is 5.92 Å². The predicted molar refractivity (Wildman–Crippen MR) is 52.8 cm³/mol. The van der Waals surface area contributed by atoms with Gasteiger partial charge < -0.3 is 5.32 Å². The molecule has 1 aliphatic rings. The number of amides is 1. The zero-order chi connectivity index (χ0) is 9.42. The summed E-state index contributed by atoms with van der Waals surface area (Å²) in [7, 11) is 0. The Morgan fingerprint density at radius 1 is 1.46 bits per heavy atom. The predicted octanol–water partition coefficient (Wildman–Crippen LogP) is 2.44. The molecule has 2 rings (SSSR count). The van der Waals surface area contributed by atoms with Crippen LogP contribution < -0.4 is 5.32 Å². The van der Waals surface area contributed by atoms with Crippen LogP contribution in [0.5, 0.6) is 0 Å². The van der Waals surface area contributed by atoms with E-state index in [1.54, 1.807) is 0 Å². The molecule has 1 heterocycles. The van der Waals surface area contributed by atoms with Gasteiger partial charge in [-0.1, -0.05) is 19.1 Å². The molecule has 0 aliphatic carbocycles. The summed E-state index contributed by atoms with van der Waals surface area (Å²) in [4.78, 5) is 11.5. The smallest absolute Gasteiger partial charge is 0.231 e. The van der Waals surface area contributed by atoms with E-state index in [-0.39, 0.29) is 11.8 Å². The van der Waals surface area contributed by atoms with Crippen LogP contribution in [0.2, 0.25) is 0 Å². The molecule has 0 bridgehead atoms. The van der Waals surface area contributed by atoms with Gasteiger partial charge in [-0.25, -0.2) is 0 Å². The summed E-state index contributed by atoms with van der Waals surface area (Å²) < 4.78 is 0. The van der Waals surface area contributed by atoms with Crippen molar-refractivity contribution in [3.05, 3.63) is 29.3 Å². The molecule has 1 unspecified atom stereocenters. The number of hydrogen-bond acceptors (Lipinski definition) is 1. The van der Waals surface area contributed by atoms with Crippen LogP contribution in [0.4, 0.5) is 5.69 Å². The second kappa shape index (κ2) is 2.87. The lowest BCUT2D eigenvalue weighted by Gasteiger charge is -2.03. The minimum Gasteiger partial charge on any atom is -0.325 e. The summed E-state index contributed by atoms with van der Waals surface area (Å²) in [5.41, 5.74) is 3.34. The van der Waals surface area contributed by atoms with Gasteiger partial charge >= 0.3 is 0 Å². The van der Waals surface area contributed by atoms with Gasteiger partial charge in [-0.2, -0.15) is 0 Å². The monoisotopic (exact) mass is 175 g/mol. The summed E-state index contributed by atoms with van der Waals surface area (Å²) >= 11 is 0. The lowest BCUT2D eigenvalue weighted by molar-refractivity contribution is -0.117. The molecule has 1 aromatic carbocycles.